The van der Waals surface area contributed by atoms with Gasteiger partial charge in [0.15, 0.2) is 0 Å². The summed E-state index contributed by atoms with van der Waals surface area (Å²) in [7, 11) is 0. The molecule has 0 aliphatic rings. The van der Waals surface area contributed by atoms with Gasteiger partial charge in [0, 0.05) is 6.54 Å². The average Bonchev–Trinajstić information content (AvgIpc) is 2.55. The lowest BCUT2D eigenvalue weighted by Gasteiger charge is -2.12. The van der Waals surface area contributed by atoms with Crippen LogP contribution in [0.5, 0.6) is 0 Å². The minimum absolute atomic E-state index is 0.107. The molecule has 0 saturated heterocycles. The number of rotatable bonds is 9. The number of amides is 1. The Morgan fingerprint density at radius 3 is 2.52 bits per heavy atom. The number of hydrogen-bond acceptors (Lipinski definition) is 4. The van der Waals surface area contributed by atoms with Crippen molar-refractivity contribution in [1.29, 1.82) is 5.26 Å². The van der Waals surface area contributed by atoms with Crippen LogP contribution in [0, 0.1) is 11.3 Å². The molecule has 0 spiro atoms. The van der Waals surface area contributed by atoms with E-state index < -0.39 is 5.56 Å². The number of aromatic nitrogens is 2. The number of aryl methyl sites for hydroxylation is 1. The number of nitrogens with zero attached hydrogens (tertiary/aromatic N) is 3. The van der Waals surface area contributed by atoms with E-state index in [1.807, 2.05) is 19.9 Å². The van der Waals surface area contributed by atoms with E-state index in [0.29, 0.717) is 30.6 Å². The van der Waals surface area contributed by atoms with Crippen molar-refractivity contribution in [3.05, 3.63) is 27.2 Å². The van der Waals surface area contributed by atoms with Crippen LogP contribution in [0.1, 0.15) is 63.3 Å². The molecule has 1 heterocycles. The Labute approximate surface area is 137 Å². The first-order chi connectivity index (χ1) is 11.1. The zero-order valence-electron chi connectivity index (χ0n) is 14.3. The topological polar surface area (TPSA) is 87.8 Å². The van der Waals surface area contributed by atoms with Crippen molar-refractivity contribution in [1.82, 2.24) is 15.1 Å². The standard InChI is InChI=1S/C17H26N4O2/c1-4-7-8-9-10-19-16(22)12-21-17(23)14(11-18)13(5-2)15(6-3)20-21/h4-10,12H2,1-3H3,(H,19,22). The lowest BCUT2D eigenvalue weighted by molar-refractivity contribution is -0.121. The molecule has 0 aromatic carbocycles. The predicted molar refractivity (Wildman–Crippen MR) is 89.1 cm³/mol. The lowest BCUT2D eigenvalue weighted by Crippen LogP contribution is -2.36. The Hall–Kier alpha value is -2.16. The van der Waals surface area contributed by atoms with E-state index in [0.717, 1.165) is 30.4 Å². The molecular formula is C17H26N4O2. The molecule has 1 N–H and O–H groups in total. The summed E-state index contributed by atoms with van der Waals surface area (Å²) in [6.45, 7) is 6.41. The monoisotopic (exact) mass is 318 g/mol. The van der Waals surface area contributed by atoms with Crippen LogP contribution < -0.4 is 10.9 Å². The van der Waals surface area contributed by atoms with Crippen molar-refractivity contribution in [2.45, 2.75) is 65.8 Å². The third-order valence-corrected chi connectivity index (χ3v) is 3.79. The molecule has 1 aromatic heterocycles. The van der Waals surface area contributed by atoms with E-state index in [1.165, 1.54) is 0 Å². The summed E-state index contributed by atoms with van der Waals surface area (Å²) < 4.78 is 1.11. The zero-order valence-corrected chi connectivity index (χ0v) is 14.3. The van der Waals surface area contributed by atoms with Gasteiger partial charge in [-0.05, 0) is 24.8 Å². The van der Waals surface area contributed by atoms with Crippen LogP contribution in [0.25, 0.3) is 0 Å². The van der Waals surface area contributed by atoms with Gasteiger partial charge in [0.25, 0.3) is 5.56 Å². The van der Waals surface area contributed by atoms with Crippen molar-refractivity contribution in [2.24, 2.45) is 0 Å². The van der Waals surface area contributed by atoms with Gasteiger partial charge >= 0.3 is 0 Å². The van der Waals surface area contributed by atoms with Gasteiger partial charge in [-0.2, -0.15) is 10.4 Å². The first kappa shape index (κ1) is 18.9. The molecule has 23 heavy (non-hydrogen) atoms. The second kappa shape index (κ2) is 9.78. The molecule has 1 rings (SSSR count). The fourth-order valence-corrected chi connectivity index (χ4v) is 2.51. The number of nitriles is 1. The second-order valence-electron chi connectivity index (χ2n) is 5.49. The van der Waals surface area contributed by atoms with Gasteiger partial charge in [-0.15, -0.1) is 0 Å². The summed E-state index contributed by atoms with van der Waals surface area (Å²) in [5, 5.41) is 16.3. The number of unbranched alkanes of at least 4 members (excludes halogenated alkanes) is 3. The first-order valence-electron chi connectivity index (χ1n) is 8.38. The normalized spacial score (nSPS) is 10.3. The largest absolute Gasteiger partial charge is 0.354 e. The predicted octanol–water partition coefficient (Wildman–Crippen LogP) is 1.94. The number of hydrogen-bond donors (Lipinski definition) is 1. The van der Waals surface area contributed by atoms with Crippen molar-refractivity contribution in [3.8, 4) is 6.07 Å². The fraction of sp³-hybridized carbons (Fsp3) is 0.647. The minimum Gasteiger partial charge on any atom is -0.354 e. The third kappa shape index (κ3) is 5.20. The van der Waals surface area contributed by atoms with Gasteiger partial charge in [-0.3, -0.25) is 9.59 Å². The van der Waals surface area contributed by atoms with Crippen LogP contribution in [0.4, 0.5) is 0 Å². The van der Waals surface area contributed by atoms with Gasteiger partial charge in [0.2, 0.25) is 5.91 Å². The van der Waals surface area contributed by atoms with Crippen LogP contribution in [0.15, 0.2) is 4.79 Å². The highest BCUT2D eigenvalue weighted by atomic mass is 16.2. The van der Waals surface area contributed by atoms with Crippen molar-refractivity contribution < 1.29 is 4.79 Å². The van der Waals surface area contributed by atoms with Crippen LogP contribution in [-0.2, 0) is 24.2 Å². The SMILES string of the molecule is CCCCCCNC(=O)Cn1nc(CC)c(CC)c(C#N)c1=O. The third-order valence-electron chi connectivity index (χ3n) is 3.79. The molecule has 0 fully saturated rings. The van der Waals surface area contributed by atoms with E-state index in [1.54, 1.807) is 0 Å². The van der Waals surface area contributed by atoms with Crippen LogP contribution in [0.2, 0.25) is 0 Å². The average molecular weight is 318 g/mol. The van der Waals surface area contributed by atoms with E-state index >= 15 is 0 Å². The molecule has 1 aromatic rings. The van der Waals surface area contributed by atoms with Crippen LogP contribution in [0.3, 0.4) is 0 Å². The molecule has 0 aliphatic carbocycles. The zero-order chi connectivity index (χ0) is 17.2. The van der Waals surface area contributed by atoms with Crippen LogP contribution in [-0.4, -0.2) is 22.2 Å². The van der Waals surface area contributed by atoms with Crippen molar-refractivity contribution >= 4 is 5.91 Å². The maximum absolute atomic E-state index is 12.3. The van der Waals surface area contributed by atoms with E-state index in [2.05, 4.69) is 17.3 Å². The molecule has 0 bridgehead atoms. The summed E-state index contributed by atoms with van der Waals surface area (Å²) in [5.74, 6) is -0.244. The maximum atomic E-state index is 12.3. The van der Waals surface area contributed by atoms with E-state index in [4.69, 9.17) is 0 Å². The summed E-state index contributed by atoms with van der Waals surface area (Å²) in [5.41, 5.74) is 1.02. The first-order valence-corrected chi connectivity index (χ1v) is 8.38. The smallest absolute Gasteiger partial charge is 0.285 e. The molecule has 0 aliphatic heterocycles. The number of nitrogens with one attached hydrogen (secondary N) is 1. The Morgan fingerprint density at radius 1 is 1.22 bits per heavy atom. The molecule has 0 radical (unpaired) electrons. The van der Waals surface area contributed by atoms with Gasteiger partial charge in [-0.25, -0.2) is 4.68 Å². The Morgan fingerprint density at radius 2 is 1.96 bits per heavy atom. The molecule has 0 atom stereocenters. The quantitative estimate of drug-likeness (QED) is 0.705. The molecule has 1 amide bonds. The minimum atomic E-state index is -0.484. The molecule has 6 heteroatoms. The highest BCUT2D eigenvalue weighted by Crippen LogP contribution is 2.10. The summed E-state index contributed by atoms with van der Waals surface area (Å²) in [6, 6.07) is 1.96. The summed E-state index contributed by atoms with van der Waals surface area (Å²) >= 11 is 0. The molecule has 0 unspecified atom stereocenters. The lowest BCUT2D eigenvalue weighted by atomic mass is 10.0. The van der Waals surface area contributed by atoms with Gasteiger partial charge in [-0.1, -0.05) is 40.0 Å². The highest BCUT2D eigenvalue weighted by molar-refractivity contribution is 5.75. The molecule has 126 valence electrons. The van der Waals surface area contributed by atoms with Crippen molar-refractivity contribution in [3.63, 3.8) is 0 Å². The maximum Gasteiger partial charge on any atom is 0.285 e. The molecular weight excluding hydrogens is 292 g/mol. The van der Waals surface area contributed by atoms with Gasteiger partial charge in [0.05, 0.1) is 5.69 Å². The fourth-order valence-electron chi connectivity index (χ4n) is 2.51. The van der Waals surface area contributed by atoms with E-state index in [9.17, 15) is 14.9 Å². The number of carbonyl (C=O) groups excluding carboxylic acids is 1. The van der Waals surface area contributed by atoms with Crippen molar-refractivity contribution in [2.75, 3.05) is 6.54 Å². The van der Waals surface area contributed by atoms with Gasteiger partial charge < -0.3 is 5.32 Å². The van der Waals surface area contributed by atoms with E-state index in [-0.39, 0.29) is 18.0 Å². The second-order valence-corrected chi connectivity index (χ2v) is 5.49. The highest BCUT2D eigenvalue weighted by Gasteiger charge is 2.16. The van der Waals surface area contributed by atoms with Crippen LogP contribution >= 0.6 is 0 Å². The Balaban J connectivity index is 2.83. The molecule has 6 nitrogen and oxygen atoms in total. The summed E-state index contributed by atoms with van der Waals surface area (Å²) in [4.78, 5) is 24.3. The Kier molecular flexibility index (Phi) is 8.03. The Bertz CT molecular complexity index is 629. The molecule has 0 saturated carbocycles. The number of carbonyl (C=O) groups is 1. The summed E-state index contributed by atoms with van der Waals surface area (Å²) in [6.07, 6.45) is 5.52. The van der Waals surface area contributed by atoms with Gasteiger partial charge in [0.1, 0.15) is 18.2 Å².